The summed E-state index contributed by atoms with van der Waals surface area (Å²) in [5, 5.41) is 24.3. The molecule has 24 heavy (non-hydrogen) atoms. The highest BCUT2D eigenvalue weighted by molar-refractivity contribution is 5.84. The second-order valence-electron chi connectivity index (χ2n) is 6.49. The number of nitrogens with zero attached hydrogens (tertiary/aromatic N) is 2. The van der Waals surface area contributed by atoms with Crippen LogP contribution in [0.4, 0.5) is 0 Å². The van der Waals surface area contributed by atoms with Crippen LogP contribution in [0.2, 0.25) is 0 Å². The number of carbonyl (C=O) groups is 1. The fourth-order valence-electron chi connectivity index (χ4n) is 3.41. The van der Waals surface area contributed by atoms with Crippen molar-refractivity contribution in [1.82, 2.24) is 9.78 Å². The summed E-state index contributed by atoms with van der Waals surface area (Å²) in [5.41, 5.74) is 4.29. The second-order valence-corrected chi connectivity index (χ2v) is 6.49. The lowest BCUT2D eigenvalue weighted by Gasteiger charge is -2.14. The molecule has 2 aromatic rings. The number of hydrogen-bond donors (Lipinski definition) is 2. The average molecular weight is 326 g/mol. The highest BCUT2D eigenvalue weighted by Crippen LogP contribution is 2.38. The van der Waals surface area contributed by atoms with E-state index in [4.69, 9.17) is 0 Å². The molecule has 5 nitrogen and oxygen atoms in total. The number of hydrogen-bond acceptors (Lipinski definition) is 4. The topological polar surface area (TPSA) is 75.3 Å². The number of rotatable bonds is 5. The van der Waals surface area contributed by atoms with E-state index in [2.05, 4.69) is 18.9 Å². The number of phenols is 2. The summed E-state index contributed by atoms with van der Waals surface area (Å²) in [6, 6.07) is 5.47. The van der Waals surface area contributed by atoms with Crippen LogP contribution in [-0.4, -0.2) is 26.3 Å². The molecule has 0 atom stereocenters. The zero-order valence-corrected chi connectivity index (χ0v) is 14.0. The summed E-state index contributed by atoms with van der Waals surface area (Å²) in [4.78, 5) is 11.1. The maximum absolute atomic E-state index is 11.1. The molecule has 0 radical (unpaired) electrons. The van der Waals surface area contributed by atoms with Gasteiger partial charge in [0.25, 0.3) is 0 Å². The standard InChI is InChI=1S/C19H22N2O3/c1-12(2)21-17(8-9-20-21)15-5-3-4-13(15)10-14-6-7-18(23)16(11-22)19(14)24/h6-9,11-12,23-24H,3-5,10H2,1-2H3. The number of phenolic OH excluding ortho intramolecular Hbond substituents is 2. The van der Waals surface area contributed by atoms with E-state index < -0.39 is 0 Å². The molecule has 126 valence electrons. The number of benzene rings is 1. The van der Waals surface area contributed by atoms with Crippen molar-refractivity contribution in [2.75, 3.05) is 0 Å². The third-order valence-corrected chi connectivity index (χ3v) is 4.60. The first-order valence-corrected chi connectivity index (χ1v) is 8.26. The largest absolute Gasteiger partial charge is 0.507 e. The predicted octanol–water partition coefficient (Wildman–Crippen LogP) is 3.87. The number of aldehydes is 1. The summed E-state index contributed by atoms with van der Waals surface area (Å²) in [6.07, 6.45) is 5.92. The Bertz CT molecular complexity index is 803. The Hall–Kier alpha value is -2.56. The first-order valence-electron chi connectivity index (χ1n) is 8.26. The van der Waals surface area contributed by atoms with Crippen LogP contribution in [0.25, 0.3) is 5.57 Å². The lowest BCUT2D eigenvalue weighted by Crippen LogP contribution is -2.07. The molecular weight excluding hydrogens is 304 g/mol. The molecule has 0 unspecified atom stereocenters. The monoisotopic (exact) mass is 326 g/mol. The molecule has 1 aromatic carbocycles. The molecule has 1 aliphatic carbocycles. The highest BCUT2D eigenvalue weighted by Gasteiger charge is 2.22. The Morgan fingerprint density at radius 2 is 2.04 bits per heavy atom. The van der Waals surface area contributed by atoms with Gasteiger partial charge in [-0.1, -0.05) is 11.6 Å². The van der Waals surface area contributed by atoms with Crippen LogP contribution in [0.5, 0.6) is 11.5 Å². The zero-order chi connectivity index (χ0) is 17.3. The maximum Gasteiger partial charge on any atom is 0.157 e. The van der Waals surface area contributed by atoms with E-state index in [9.17, 15) is 15.0 Å². The van der Waals surface area contributed by atoms with Crippen LogP contribution < -0.4 is 0 Å². The van der Waals surface area contributed by atoms with Crippen molar-refractivity contribution in [2.45, 2.75) is 45.6 Å². The van der Waals surface area contributed by atoms with Crippen molar-refractivity contribution in [3.63, 3.8) is 0 Å². The van der Waals surface area contributed by atoms with Crippen molar-refractivity contribution in [3.8, 4) is 11.5 Å². The molecule has 0 saturated heterocycles. The molecule has 3 rings (SSSR count). The van der Waals surface area contributed by atoms with Gasteiger partial charge in [-0.15, -0.1) is 0 Å². The van der Waals surface area contributed by atoms with Gasteiger partial charge in [0, 0.05) is 12.2 Å². The van der Waals surface area contributed by atoms with Gasteiger partial charge in [0.1, 0.15) is 11.5 Å². The van der Waals surface area contributed by atoms with E-state index >= 15 is 0 Å². The molecular formula is C19H22N2O3. The van der Waals surface area contributed by atoms with Gasteiger partial charge >= 0.3 is 0 Å². The molecule has 0 fully saturated rings. The summed E-state index contributed by atoms with van der Waals surface area (Å²) < 4.78 is 2.02. The molecule has 5 heteroatoms. The van der Waals surface area contributed by atoms with Gasteiger partial charge in [-0.05, 0) is 62.8 Å². The normalized spacial score (nSPS) is 14.6. The third kappa shape index (κ3) is 2.82. The number of aromatic nitrogens is 2. The van der Waals surface area contributed by atoms with Crippen LogP contribution >= 0.6 is 0 Å². The van der Waals surface area contributed by atoms with Gasteiger partial charge in [0.05, 0.1) is 11.3 Å². The number of aromatic hydroxyl groups is 2. The Balaban J connectivity index is 1.99. The van der Waals surface area contributed by atoms with Crippen molar-refractivity contribution < 1.29 is 15.0 Å². The van der Waals surface area contributed by atoms with Gasteiger partial charge in [0.15, 0.2) is 6.29 Å². The van der Waals surface area contributed by atoms with Crippen LogP contribution in [0.1, 0.15) is 60.8 Å². The van der Waals surface area contributed by atoms with Crippen molar-refractivity contribution >= 4 is 11.9 Å². The molecule has 2 N–H and O–H groups in total. The summed E-state index contributed by atoms with van der Waals surface area (Å²) in [5.74, 6) is -0.314. The van der Waals surface area contributed by atoms with Crippen molar-refractivity contribution in [1.29, 1.82) is 0 Å². The average Bonchev–Trinajstić information content (AvgIpc) is 3.19. The smallest absolute Gasteiger partial charge is 0.157 e. The maximum atomic E-state index is 11.1. The predicted molar refractivity (Wildman–Crippen MR) is 92.2 cm³/mol. The molecule has 1 heterocycles. The molecule has 0 aliphatic heterocycles. The van der Waals surface area contributed by atoms with Crippen LogP contribution in [0.15, 0.2) is 30.0 Å². The fraction of sp³-hybridized carbons (Fsp3) is 0.368. The van der Waals surface area contributed by atoms with E-state index in [0.717, 1.165) is 25.0 Å². The molecule has 0 saturated carbocycles. The van der Waals surface area contributed by atoms with Gasteiger partial charge in [-0.25, -0.2) is 0 Å². The Kier molecular flexibility index (Phi) is 4.42. The van der Waals surface area contributed by atoms with Crippen LogP contribution in [-0.2, 0) is 6.42 Å². The molecule has 0 amide bonds. The molecule has 1 aliphatic rings. The highest BCUT2D eigenvalue weighted by atomic mass is 16.3. The van der Waals surface area contributed by atoms with E-state index in [0.29, 0.717) is 18.3 Å². The summed E-state index contributed by atoms with van der Waals surface area (Å²) in [6.45, 7) is 4.21. The molecule has 1 aromatic heterocycles. The molecule has 0 bridgehead atoms. The minimum atomic E-state index is -0.190. The van der Waals surface area contributed by atoms with Gasteiger partial charge in [-0.3, -0.25) is 9.48 Å². The minimum absolute atomic E-state index is 0.0418. The zero-order valence-electron chi connectivity index (χ0n) is 14.0. The molecule has 0 spiro atoms. The minimum Gasteiger partial charge on any atom is -0.507 e. The van der Waals surface area contributed by atoms with E-state index in [1.807, 2.05) is 16.9 Å². The summed E-state index contributed by atoms with van der Waals surface area (Å²) >= 11 is 0. The van der Waals surface area contributed by atoms with E-state index in [1.54, 1.807) is 6.07 Å². The van der Waals surface area contributed by atoms with Gasteiger partial charge in [-0.2, -0.15) is 5.10 Å². The Morgan fingerprint density at radius 1 is 1.25 bits per heavy atom. The lowest BCUT2D eigenvalue weighted by molar-refractivity contribution is 0.111. The van der Waals surface area contributed by atoms with E-state index in [1.165, 1.54) is 17.2 Å². The Labute approximate surface area is 141 Å². The van der Waals surface area contributed by atoms with Crippen molar-refractivity contribution in [3.05, 3.63) is 46.8 Å². The van der Waals surface area contributed by atoms with Crippen LogP contribution in [0.3, 0.4) is 0 Å². The number of carbonyl (C=O) groups excluding carboxylic acids is 1. The number of allylic oxidation sites excluding steroid dienone is 2. The first-order chi connectivity index (χ1) is 11.5. The van der Waals surface area contributed by atoms with Gasteiger partial charge in [0.2, 0.25) is 0 Å². The third-order valence-electron chi connectivity index (χ3n) is 4.60. The quantitative estimate of drug-likeness (QED) is 0.818. The lowest BCUT2D eigenvalue weighted by atomic mass is 9.97. The first kappa shape index (κ1) is 16.3. The fourth-order valence-corrected chi connectivity index (χ4v) is 3.41. The Morgan fingerprint density at radius 3 is 2.75 bits per heavy atom. The van der Waals surface area contributed by atoms with Gasteiger partial charge < -0.3 is 10.2 Å². The SMILES string of the molecule is CC(C)n1nccc1C1=C(Cc2ccc(O)c(C=O)c2O)CCC1. The van der Waals surface area contributed by atoms with E-state index in [-0.39, 0.29) is 23.1 Å². The summed E-state index contributed by atoms with van der Waals surface area (Å²) in [7, 11) is 0. The van der Waals surface area contributed by atoms with Crippen LogP contribution in [0, 0.1) is 0 Å². The van der Waals surface area contributed by atoms with Crippen molar-refractivity contribution in [2.24, 2.45) is 0 Å². The second kappa shape index (κ2) is 6.51.